The van der Waals surface area contributed by atoms with Crippen LogP contribution in [0.2, 0.25) is 0 Å². The molecule has 0 saturated carbocycles. The summed E-state index contributed by atoms with van der Waals surface area (Å²) in [6.07, 6.45) is 0. The van der Waals surface area contributed by atoms with Crippen molar-refractivity contribution in [3.05, 3.63) is 35.4 Å². The second-order valence-electron chi connectivity index (χ2n) is 6.01. The van der Waals surface area contributed by atoms with Crippen molar-refractivity contribution in [2.45, 2.75) is 32.9 Å². The lowest BCUT2D eigenvalue weighted by atomic mass is 10.1. The molecule has 1 amide bonds. The summed E-state index contributed by atoms with van der Waals surface area (Å²) in [6, 6.07) is 8.56. The Morgan fingerprint density at radius 2 is 1.95 bits per heavy atom. The Balaban J connectivity index is 2.05. The number of rotatable bonds is 4. The van der Waals surface area contributed by atoms with E-state index in [2.05, 4.69) is 18.7 Å². The van der Waals surface area contributed by atoms with Crippen LogP contribution in [0.1, 0.15) is 29.8 Å². The Bertz CT molecular complexity index is 477. The van der Waals surface area contributed by atoms with Crippen molar-refractivity contribution < 1.29 is 9.53 Å². The number of hydrogen-bond acceptors (Lipinski definition) is 3. The molecule has 0 N–H and O–H groups in total. The van der Waals surface area contributed by atoms with Crippen molar-refractivity contribution in [1.82, 2.24) is 9.80 Å². The summed E-state index contributed by atoms with van der Waals surface area (Å²) in [5, 5.41) is 0. The number of benzene rings is 1. The monoisotopic (exact) mass is 290 g/mol. The largest absolute Gasteiger partial charge is 0.383 e. The highest BCUT2D eigenvalue weighted by atomic mass is 16.5. The van der Waals surface area contributed by atoms with E-state index in [4.69, 9.17) is 4.74 Å². The lowest BCUT2D eigenvalue weighted by Crippen LogP contribution is -2.58. The minimum Gasteiger partial charge on any atom is -0.383 e. The normalized spacial score (nSPS) is 23.3. The van der Waals surface area contributed by atoms with E-state index in [1.807, 2.05) is 36.1 Å². The van der Waals surface area contributed by atoms with Crippen molar-refractivity contribution in [2.24, 2.45) is 0 Å². The van der Waals surface area contributed by atoms with E-state index >= 15 is 0 Å². The summed E-state index contributed by atoms with van der Waals surface area (Å²) < 4.78 is 5.18. The van der Waals surface area contributed by atoms with Gasteiger partial charge in [0.05, 0.1) is 6.61 Å². The van der Waals surface area contributed by atoms with Gasteiger partial charge >= 0.3 is 0 Å². The molecular formula is C17H26N2O2. The Hall–Kier alpha value is -1.39. The van der Waals surface area contributed by atoms with E-state index in [-0.39, 0.29) is 5.91 Å². The second-order valence-corrected chi connectivity index (χ2v) is 6.01. The molecule has 0 aromatic heterocycles. The Morgan fingerprint density at radius 3 is 2.52 bits per heavy atom. The van der Waals surface area contributed by atoms with Crippen LogP contribution in [0.3, 0.4) is 0 Å². The van der Waals surface area contributed by atoms with Gasteiger partial charge in [-0.3, -0.25) is 9.69 Å². The number of piperazine rings is 1. The first kappa shape index (κ1) is 16.0. The molecule has 1 aromatic carbocycles. The Morgan fingerprint density at radius 1 is 1.29 bits per heavy atom. The lowest BCUT2D eigenvalue weighted by Gasteiger charge is -2.44. The van der Waals surface area contributed by atoms with Gasteiger partial charge in [-0.2, -0.15) is 0 Å². The van der Waals surface area contributed by atoms with E-state index in [0.717, 1.165) is 37.4 Å². The number of methoxy groups -OCH3 is 1. The Labute approximate surface area is 127 Å². The van der Waals surface area contributed by atoms with Crippen LogP contribution in [0.15, 0.2) is 24.3 Å². The summed E-state index contributed by atoms with van der Waals surface area (Å²) in [5.74, 6) is 0.142. The molecule has 1 saturated heterocycles. The Kier molecular flexibility index (Phi) is 5.37. The van der Waals surface area contributed by atoms with Crippen molar-refractivity contribution in [1.29, 1.82) is 0 Å². The van der Waals surface area contributed by atoms with Crippen LogP contribution in [0.25, 0.3) is 0 Å². The van der Waals surface area contributed by atoms with E-state index in [0.29, 0.717) is 12.1 Å². The number of nitrogens with zero attached hydrogens (tertiary/aromatic N) is 2. The van der Waals surface area contributed by atoms with Crippen LogP contribution in [0.4, 0.5) is 0 Å². The number of hydrogen-bond donors (Lipinski definition) is 0. The fraction of sp³-hybridized carbons (Fsp3) is 0.588. The maximum Gasteiger partial charge on any atom is 0.253 e. The van der Waals surface area contributed by atoms with Crippen LogP contribution in [0, 0.1) is 6.92 Å². The van der Waals surface area contributed by atoms with Gasteiger partial charge in [0.1, 0.15) is 0 Å². The molecule has 1 heterocycles. The third kappa shape index (κ3) is 3.83. The first-order chi connectivity index (χ1) is 10.0. The van der Waals surface area contributed by atoms with Crippen LogP contribution in [-0.2, 0) is 4.74 Å². The molecule has 2 unspecified atom stereocenters. The van der Waals surface area contributed by atoms with Gasteiger partial charge in [-0.25, -0.2) is 0 Å². The minimum atomic E-state index is 0.142. The molecule has 2 rings (SSSR count). The van der Waals surface area contributed by atoms with Crippen LogP contribution < -0.4 is 0 Å². The molecule has 2 atom stereocenters. The molecule has 21 heavy (non-hydrogen) atoms. The van der Waals surface area contributed by atoms with E-state index in [9.17, 15) is 4.79 Å². The zero-order valence-electron chi connectivity index (χ0n) is 13.5. The van der Waals surface area contributed by atoms with Crippen LogP contribution in [0.5, 0.6) is 0 Å². The summed E-state index contributed by atoms with van der Waals surface area (Å²) in [4.78, 5) is 17.0. The highest BCUT2D eigenvalue weighted by molar-refractivity contribution is 5.94. The third-order valence-electron chi connectivity index (χ3n) is 4.21. The van der Waals surface area contributed by atoms with Crippen LogP contribution >= 0.6 is 0 Å². The van der Waals surface area contributed by atoms with Gasteiger partial charge in [0.15, 0.2) is 0 Å². The van der Waals surface area contributed by atoms with Crippen molar-refractivity contribution in [3.8, 4) is 0 Å². The first-order valence-corrected chi connectivity index (χ1v) is 7.63. The van der Waals surface area contributed by atoms with Gasteiger partial charge in [0.25, 0.3) is 5.91 Å². The number of amides is 1. The van der Waals surface area contributed by atoms with Crippen LogP contribution in [-0.4, -0.2) is 61.1 Å². The van der Waals surface area contributed by atoms with Gasteiger partial charge in [-0.1, -0.05) is 17.7 Å². The second kappa shape index (κ2) is 7.05. The predicted octanol–water partition coefficient (Wildman–Crippen LogP) is 2.18. The maximum atomic E-state index is 12.6. The summed E-state index contributed by atoms with van der Waals surface area (Å²) >= 11 is 0. The van der Waals surface area contributed by atoms with Crippen molar-refractivity contribution in [3.63, 3.8) is 0 Å². The topological polar surface area (TPSA) is 32.8 Å². The van der Waals surface area contributed by atoms with E-state index in [1.165, 1.54) is 0 Å². The molecule has 1 aliphatic heterocycles. The van der Waals surface area contributed by atoms with Gasteiger partial charge < -0.3 is 9.64 Å². The molecule has 0 radical (unpaired) electrons. The molecule has 0 aliphatic carbocycles. The zero-order chi connectivity index (χ0) is 15.4. The molecule has 0 bridgehead atoms. The summed E-state index contributed by atoms with van der Waals surface area (Å²) in [7, 11) is 1.73. The third-order valence-corrected chi connectivity index (χ3v) is 4.21. The molecular weight excluding hydrogens is 264 g/mol. The number of ether oxygens (including phenoxy) is 1. The minimum absolute atomic E-state index is 0.142. The predicted molar refractivity (Wildman–Crippen MR) is 84.6 cm³/mol. The van der Waals surface area contributed by atoms with Gasteiger partial charge in [-0.05, 0) is 32.9 Å². The molecule has 1 fully saturated rings. The standard InChI is InChI=1S/C17H26N2O2/c1-13-6-5-7-16(10-13)17(20)18-11-14(2)19(8-9-21-4)15(3)12-18/h5-7,10,14-15H,8-9,11-12H2,1-4H3. The highest BCUT2D eigenvalue weighted by Gasteiger charge is 2.31. The summed E-state index contributed by atoms with van der Waals surface area (Å²) in [6.45, 7) is 9.60. The molecule has 116 valence electrons. The maximum absolute atomic E-state index is 12.6. The lowest BCUT2D eigenvalue weighted by molar-refractivity contribution is 0.0193. The molecule has 1 aliphatic rings. The fourth-order valence-corrected chi connectivity index (χ4v) is 3.12. The number of aryl methyl sites for hydroxylation is 1. The average molecular weight is 290 g/mol. The first-order valence-electron chi connectivity index (χ1n) is 7.63. The zero-order valence-corrected chi connectivity index (χ0v) is 13.5. The van der Waals surface area contributed by atoms with Gasteiger partial charge in [0, 0.05) is 44.4 Å². The molecule has 4 heteroatoms. The highest BCUT2D eigenvalue weighted by Crippen LogP contribution is 2.18. The smallest absolute Gasteiger partial charge is 0.253 e. The summed E-state index contributed by atoms with van der Waals surface area (Å²) in [5.41, 5.74) is 1.92. The molecule has 1 aromatic rings. The molecule has 0 spiro atoms. The van der Waals surface area contributed by atoms with Gasteiger partial charge in [-0.15, -0.1) is 0 Å². The number of carbonyl (C=O) groups is 1. The van der Waals surface area contributed by atoms with Gasteiger partial charge in [0.2, 0.25) is 0 Å². The SMILES string of the molecule is COCCN1C(C)CN(C(=O)c2cccc(C)c2)CC1C. The fourth-order valence-electron chi connectivity index (χ4n) is 3.12. The average Bonchev–Trinajstić information content (AvgIpc) is 2.45. The molecule has 4 nitrogen and oxygen atoms in total. The number of carbonyl (C=O) groups excluding carboxylic acids is 1. The van der Waals surface area contributed by atoms with E-state index in [1.54, 1.807) is 7.11 Å². The van der Waals surface area contributed by atoms with Crippen molar-refractivity contribution >= 4 is 5.91 Å². The van der Waals surface area contributed by atoms with Crippen molar-refractivity contribution in [2.75, 3.05) is 33.4 Å². The van der Waals surface area contributed by atoms with E-state index < -0.39 is 0 Å². The quantitative estimate of drug-likeness (QED) is 0.852.